The van der Waals surface area contributed by atoms with E-state index < -0.39 is 11.6 Å². The Hall–Kier alpha value is -3.09. The molecule has 2 heterocycles. The molecule has 1 saturated heterocycles. The fraction of sp³-hybridized carbons (Fsp3) is 0.400. The van der Waals surface area contributed by atoms with E-state index in [1.54, 1.807) is 19.1 Å². The van der Waals surface area contributed by atoms with E-state index in [0.29, 0.717) is 49.4 Å². The van der Waals surface area contributed by atoms with Gasteiger partial charge in [0, 0.05) is 49.1 Å². The lowest BCUT2D eigenvalue weighted by atomic mass is 9.93. The fourth-order valence-electron chi connectivity index (χ4n) is 4.34. The molecule has 0 atom stereocenters. The second-order valence-electron chi connectivity index (χ2n) is 8.59. The Labute approximate surface area is 187 Å². The number of amides is 1. The molecule has 168 valence electrons. The maximum Gasteiger partial charge on any atom is 0.222 e. The lowest BCUT2D eigenvalue weighted by Crippen LogP contribution is -2.48. The van der Waals surface area contributed by atoms with Crippen LogP contribution in [0, 0.1) is 18.6 Å². The smallest absolute Gasteiger partial charge is 0.222 e. The Bertz CT molecular complexity index is 1170. The van der Waals surface area contributed by atoms with Crippen LogP contribution in [0.1, 0.15) is 44.2 Å². The first kappa shape index (κ1) is 22.1. The molecule has 7 heteroatoms. The molecule has 1 aliphatic rings. The van der Waals surface area contributed by atoms with E-state index in [1.807, 2.05) is 31.7 Å². The Kier molecular flexibility index (Phi) is 6.09. The number of carbonyl (C=O) groups is 1. The van der Waals surface area contributed by atoms with Crippen LogP contribution in [0.2, 0.25) is 0 Å². The van der Waals surface area contributed by atoms with E-state index in [0.717, 1.165) is 5.56 Å². The van der Waals surface area contributed by atoms with Crippen LogP contribution in [0.5, 0.6) is 0 Å². The molecule has 0 aliphatic carbocycles. The molecule has 32 heavy (non-hydrogen) atoms. The number of piperazine rings is 1. The normalized spacial score (nSPS) is 14.5. The van der Waals surface area contributed by atoms with Crippen molar-refractivity contribution in [3.8, 4) is 11.1 Å². The van der Waals surface area contributed by atoms with Gasteiger partial charge < -0.3 is 9.80 Å². The van der Waals surface area contributed by atoms with E-state index in [1.165, 1.54) is 12.4 Å². The van der Waals surface area contributed by atoms with Crippen LogP contribution in [-0.2, 0) is 4.79 Å². The van der Waals surface area contributed by atoms with Crippen molar-refractivity contribution in [2.24, 2.45) is 0 Å². The number of hydrogen-bond donors (Lipinski definition) is 0. The summed E-state index contributed by atoms with van der Waals surface area (Å²) in [5.41, 5.74) is 2.24. The first-order valence-corrected chi connectivity index (χ1v) is 11.1. The summed E-state index contributed by atoms with van der Waals surface area (Å²) in [6, 6.07) is 6.70. The minimum Gasteiger partial charge on any atom is -0.352 e. The predicted octanol–water partition coefficient (Wildman–Crippen LogP) is 5.07. The molecule has 4 rings (SSSR count). The fourth-order valence-corrected chi connectivity index (χ4v) is 4.34. The van der Waals surface area contributed by atoms with E-state index >= 15 is 4.39 Å². The minimum absolute atomic E-state index is 0.134. The quantitative estimate of drug-likeness (QED) is 0.571. The summed E-state index contributed by atoms with van der Waals surface area (Å²) in [4.78, 5) is 24.5. The number of anilines is 1. The van der Waals surface area contributed by atoms with Crippen LogP contribution in [0.4, 0.5) is 14.6 Å². The zero-order chi connectivity index (χ0) is 23.0. The molecular weight excluding hydrogens is 410 g/mol. The van der Waals surface area contributed by atoms with Gasteiger partial charge >= 0.3 is 0 Å². The summed E-state index contributed by atoms with van der Waals surface area (Å²) < 4.78 is 30.5. The molecule has 0 unspecified atom stereocenters. The van der Waals surface area contributed by atoms with Gasteiger partial charge in [-0.3, -0.25) is 4.79 Å². The van der Waals surface area contributed by atoms with Crippen molar-refractivity contribution in [3.05, 3.63) is 53.4 Å². The highest BCUT2D eigenvalue weighted by atomic mass is 19.1. The van der Waals surface area contributed by atoms with Crippen LogP contribution >= 0.6 is 0 Å². The molecule has 1 fully saturated rings. The number of aryl methyl sites for hydroxylation is 1. The summed E-state index contributed by atoms with van der Waals surface area (Å²) in [6.45, 7) is 10.1. The van der Waals surface area contributed by atoms with Gasteiger partial charge in [0.05, 0.1) is 0 Å². The average molecular weight is 439 g/mol. The molecule has 3 aromatic rings. The van der Waals surface area contributed by atoms with Gasteiger partial charge in [-0.05, 0) is 42.2 Å². The maximum absolute atomic E-state index is 15.8. The minimum atomic E-state index is -0.539. The highest BCUT2D eigenvalue weighted by Gasteiger charge is 2.25. The van der Waals surface area contributed by atoms with Crippen LogP contribution in [-0.4, -0.2) is 47.0 Å². The van der Waals surface area contributed by atoms with Crippen LogP contribution < -0.4 is 4.90 Å². The van der Waals surface area contributed by atoms with Crippen molar-refractivity contribution in [1.82, 2.24) is 14.9 Å². The zero-order valence-electron chi connectivity index (χ0n) is 19.0. The summed E-state index contributed by atoms with van der Waals surface area (Å²) >= 11 is 0. The summed E-state index contributed by atoms with van der Waals surface area (Å²) in [7, 11) is 0. The van der Waals surface area contributed by atoms with Crippen molar-refractivity contribution in [3.63, 3.8) is 0 Å². The van der Waals surface area contributed by atoms with Crippen LogP contribution in [0.15, 0.2) is 30.6 Å². The van der Waals surface area contributed by atoms with Gasteiger partial charge in [0.25, 0.3) is 0 Å². The molecule has 0 spiro atoms. The molecule has 0 saturated carbocycles. The third-order valence-electron chi connectivity index (χ3n) is 6.21. The van der Waals surface area contributed by atoms with E-state index in [-0.39, 0.29) is 28.5 Å². The molecule has 0 radical (unpaired) electrons. The summed E-state index contributed by atoms with van der Waals surface area (Å²) in [6.07, 6.45) is 1.84. The van der Waals surface area contributed by atoms with Crippen molar-refractivity contribution in [1.29, 1.82) is 0 Å². The summed E-state index contributed by atoms with van der Waals surface area (Å²) in [5.74, 6) is -0.0201. The van der Waals surface area contributed by atoms with Gasteiger partial charge in [0.2, 0.25) is 5.91 Å². The molecule has 2 aromatic carbocycles. The largest absolute Gasteiger partial charge is 0.352 e. The molecule has 5 nitrogen and oxygen atoms in total. The van der Waals surface area contributed by atoms with Gasteiger partial charge in [-0.2, -0.15) is 0 Å². The molecule has 0 bridgehead atoms. The highest BCUT2D eigenvalue weighted by molar-refractivity contribution is 5.94. The Morgan fingerprint density at radius 3 is 2.47 bits per heavy atom. The number of carbonyl (C=O) groups excluding carboxylic acids is 1. The van der Waals surface area contributed by atoms with Gasteiger partial charge in [-0.1, -0.05) is 26.8 Å². The number of nitrogens with zero attached hydrogens (tertiary/aromatic N) is 4. The number of rotatable bonds is 4. The number of fused-ring (bicyclic) bond motifs is 1. The average Bonchev–Trinajstić information content (AvgIpc) is 2.79. The van der Waals surface area contributed by atoms with Crippen molar-refractivity contribution in [2.75, 3.05) is 31.1 Å². The second-order valence-corrected chi connectivity index (χ2v) is 8.59. The first-order valence-electron chi connectivity index (χ1n) is 11.1. The topological polar surface area (TPSA) is 49.3 Å². The van der Waals surface area contributed by atoms with Crippen molar-refractivity contribution < 1.29 is 13.6 Å². The number of aromatic nitrogens is 2. The lowest BCUT2D eigenvalue weighted by Gasteiger charge is -2.35. The van der Waals surface area contributed by atoms with Gasteiger partial charge in [-0.15, -0.1) is 0 Å². The number of halogens is 2. The van der Waals surface area contributed by atoms with E-state index in [2.05, 4.69) is 14.9 Å². The van der Waals surface area contributed by atoms with E-state index in [9.17, 15) is 9.18 Å². The van der Waals surface area contributed by atoms with Crippen LogP contribution in [0.25, 0.3) is 22.0 Å². The SMILES string of the molecule is CCC(=O)N1CCN(c2ncnc3c(F)c(-c4cc(C(C)C)ccc4F)c(C)cc23)CC1. The Morgan fingerprint density at radius 2 is 1.81 bits per heavy atom. The molecule has 0 N–H and O–H groups in total. The number of benzene rings is 2. The maximum atomic E-state index is 15.8. The van der Waals surface area contributed by atoms with Crippen molar-refractivity contribution in [2.45, 2.75) is 40.0 Å². The summed E-state index contributed by atoms with van der Waals surface area (Å²) in [5, 5.41) is 0.599. The third kappa shape index (κ3) is 3.92. The zero-order valence-corrected chi connectivity index (χ0v) is 19.0. The standard InChI is InChI=1S/C25H28F2N4O/c1-5-21(32)30-8-10-31(11-9-30)25-19-12-16(4)22(23(27)24(19)28-14-29-25)18-13-17(15(2)3)6-7-20(18)26/h6-7,12-15H,5,8-11H2,1-4H3. The van der Waals surface area contributed by atoms with E-state index in [4.69, 9.17) is 0 Å². The third-order valence-corrected chi connectivity index (χ3v) is 6.21. The first-order chi connectivity index (χ1) is 15.3. The Balaban J connectivity index is 1.77. The van der Waals surface area contributed by atoms with Crippen LogP contribution in [0.3, 0.4) is 0 Å². The highest BCUT2D eigenvalue weighted by Crippen LogP contribution is 2.37. The Morgan fingerprint density at radius 1 is 1.09 bits per heavy atom. The predicted molar refractivity (Wildman–Crippen MR) is 123 cm³/mol. The lowest BCUT2D eigenvalue weighted by molar-refractivity contribution is -0.131. The van der Waals surface area contributed by atoms with Gasteiger partial charge in [-0.25, -0.2) is 18.7 Å². The molecule has 1 aromatic heterocycles. The van der Waals surface area contributed by atoms with Gasteiger partial charge in [0.15, 0.2) is 5.82 Å². The monoisotopic (exact) mass is 438 g/mol. The van der Waals surface area contributed by atoms with Crippen molar-refractivity contribution >= 4 is 22.6 Å². The number of hydrogen-bond acceptors (Lipinski definition) is 4. The molecular formula is C25H28F2N4O. The second kappa shape index (κ2) is 8.81. The molecule has 1 amide bonds. The van der Waals surface area contributed by atoms with Gasteiger partial charge in [0.1, 0.15) is 23.5 Å². The molecule has 1 aliphatic heterocycles.